The molecular formula is C17H16N2O4S2. The summed E-state index contributed by atoms with van der Waals surface area (Å²) >= 11 is 1.44. The van der Waals surface area contributed by atoms with E-state index in [1.165, 1.54) is 11.3 Å². The van der Waals surface area contributed by atoms with Crippen LogP contribution in [0.5, 0.6) is 0 Å². The lowest BCUT2D eigenvalue weighted by atomic mass is 10.2. The number of nitrogens with zero attached hydrogens (tertiary/aromatic N) is 1. The summed E-state index contributed by atoms with van der Waals surface area (Å²) in [6, 6.07) is 16.4. The Morgan fingerprint density at radius 2 is 1.80 bits per heavy atom. The molecule has 0 radical (unpaired) electrons. The third kappa shape index (κ3) is 5.09. The number of sulfonamides is 1. The van der Waals surface area contributed by atoms with E-state index in [0.717, 1.165) is 10.2 Å². The lowest BCUT2D eigenvalue weighted by Crippen LogP contribution is -2.31. The lowest BCUT2D eigenvalue weighted by molar-refractivity contribution is -0.143. The van der Waals surface area contributed by atoms with Gasteiger partial charge in [0.15, 0.2) is 0 Å². The van der Waals surface area contributed by atoms with Crippen LogP contribution in [0.1, 0.15) is 10.6 Å². The van der Waals surface area contributed by atoms with Crippen molar-refractivity contribution in [2.45, 2.75) is 12.4 Å². The van der Waals surface area contributed by atoms with E-state index in [9.17, 15) is 13.2 Å². The van der Waals surface area contributed by atoms with Crippen LogP contribution in [-0.4, -0.2) is 25.9 Å². The van der Waals surface area contributed by atoms with Gasteiger partial charge in [0.1, 0.15) is 18.2 Å². The van der Waals surface area contributed by atoms with Crippen LogP contribution in [0.25, 0.3) is 10.2 Å². The molecule has 0 atom stereocenters. The van der Waals surface area contributed by atoms with Crippen LogP contribution in [0.4, 0.5) is 0 Å². The van der Waals surface area contributed by atoms with Crippen LogP contribution in [0, 0.1) is 0 Å². The highest BCUT2D eigenvalue weighted by molar-refractivity contribution is 7.88. The molecule has 3 aromatic rings. The molecule has 3 rings (SSSR count). The summed E-state index contributed by atoms with van der Waals surface area (Å²) < 4.78 is 32.3. The molecule has 1 N–H and O–H groups in total. The topological polar surface area (TPSA) is 85.4 Å². The second kappa shape index (κ2) is 7.73. The zero-order valence-corrected chi connectivity index (χ0v) is 14.8. The molecule has 6 nitrogen and oxygen atoms in total. The van der Waals surface area contributed by atoms with Gasteiger partial charge in [0.25, 0.3) is 0 Å². The van der Waals surface area contributed by atoms with Gasteiger partial charge in [0.05, 0.1) is 16.0 Å². The highest BCUT2D eigenvalue weighted by atomic mass is 32.2. The maximum atomic E-state index is 12.0. The van der Waals surface area contributed by atoms with Gasteiger partial charge in [-0.25, -0.2) is 18.1 Å². The van der Waals surface area contributed by atoms with Crippen LogP contribution >= 0.6 is 11.3 Å². The lowest BCUT2D eigenvalue weighted by Gasteiger charge is -2.06. The first-order valence-corrected chi connectivity index (χ1v) is 10.00. The van der Waals surface area contributed by atoms with Gasteiger partial charge in [-0.3, -0.25) is 4.79 Å². The minimum atomic E-state index is -3.60. The monoisotopic (exact) mass is 376 g/mol. The van der Waals surface area contributed by atoms with Crippen molar-refractivity contribution in [1.82, 2.24) is 9.71 Å². The molecule has 0 saturated heterocycles. The average molecular weight is 376 g/mol. The third-order valence-electron chi connectivity index (χ3n) is 3.33. The number of hydrogen-bond donors (Lipinski definition) is 1. The van der Waals surface area contributed by atoms with Crippen molar-refractivity contribution < 1.29 is 17.9 Å². The number of hydrogen-bond acceptors (Lipinski definition) is 6. The first-order valence-electron chi connectivity index (χ1n) is 7.53. The van der Waals surface area contributed by atoms with Crippen LogP contribution in [0.15, 0.2) is 54.6 Å². The highest BCUT2D eigenvalue weighted by Gasteiger charge is 2.14. The Morgan fingerprint density at radius 1 is 1.08 bits per heavy atom. The predicted octanol–water partition coefficient (Wildman–Crippen LogP) is 2.46. The third-order valence-corrected chi connectivity index (χ3v) is 5.64. The fraction of sp³-hybridized carbons (Fsp3) is 0.176. The number of fused-ring (bicyclic) bond motifs is 1. The van der Waals surface area contributed by atoms with E-state index in [1.54, 1.807) is 24.3 Å². The largest absolute Gasteiger partial charge is 0.457 e. The molecule has 8 heteroatoms. The standard InChI is InChI=1S/C17H16N2O4S2/c20-17(10-18-25(21,22)12-13-6-2-1-3-7-13)23-11-16-19-14-8-4-5-9-15(14)24-16/h1-9,18H,10-12H2. The fourth-order valence-electron chi connectivity index (χ4n) is 2.19. The molecule has 130 valence electrons. The summed E-state index contributed by atoms with van der Waals surface area (Å²) in [4.78, 5) is 16.1. The van der Waals surface area contributed by atoms with Crippen LogP contribution in [0.2, 0.25) is 0 Å². The average Bonchev–Trinajstić information content (AvgIpc) is 3.02. The fourth-order valence-corrected chi connectivity index (χ4v) is 4.14. The summed E-state index contributed by atoms with van der Waals surface area (Å²) in [6.45, 7) is -0.376. The van der Waals surface area contributed by atoms with E-state index in [4.69, 9.17) is 4.74 Å². The molecule has 25 heavy (non-hydrogen) atoms. The van der Waals surface area contributed by atoms with E-state index < -0.39 is 22.5 Å². The predicted molar refractivity (Wildman–Crippen MR) is 96.5 cm³/mol. The number of nitrogens with one attached hydrogen (secondary N) is 1. The smallest absolute Gasteiger partial charge is 0.321 e. The molecule has 0 aliphatic carbocycles. The van der Waals surface area contributed by atoms with Crippen molar-refractivity contribution in [3.05, 3.63) is 65.2 Å². The van der Waals surface area contributed by atoms with Crippen molar-refractivity contribution >= 4 is 37.5 Å². The Bertz CT molecular complexity index is 935. The number of carbonyl (C=O) groups is 1. The molecule has 0 amide bonds. The maximum Gasteiger partial charge on any atom is 0.321 e. The number of thiazole rings is 1. The second-order valence-electron chi connectivity index (χ2n) is 5.30. The highest BCUT2D eigenvalue weighted by Crippen LogP contribution is 2.21. The second-order valence-corrected chi connectivity index (χ2v) is 8.22. The normalized spacial score (nSPS) is 11.5. The Labute approximate surface area is 149 Å². The first-order chi connectivity index (χ1) is 12.0. The van der Waals surface area contributed by atoms with Gasteiger partial charge in [-0.05, 0) is 17.7 Å². The van der Waals surface area contributed by atoms with Crippen molar-refractivity contribution in [3.8, 4) is 0 Å². The van der Waals surface area contributed by atoms with Gasteiger partial charge >= 0.3 is 5.97 Å². The summed E-state index contributed by atoms with van der Waals surface area (Å²) in [6.07, 6.45) is 0. The zero-order valence-electron chi connectivity index (χ0n) is 13.2. The Kier molecular flexibility index (Phi) is 5.42. The molecule has 1 aromatic heterocycles. The van der Waals surface area contributed by atoms with Crippen molar-refractivity contribution in [2.75, 3.05) is 6.54 Å². The van der Waals surface area contributed by atoms with Crippen molar-refractivity contribution in [2.24, 2.45) is 0 Å². The van der Waals surface area contributed by atoms with E-state index in [1.807, 2.05) is 30.3 Å². The SMILES string of the molecule is O=C(CNS(=O)(=O)Cc1ccccc1)OCc1nc2ccccc2s1. The van der Waals surface area contributed by atoms with Crippen LogP contribution in [0.3, 0.4) is 0 Å². The number of benzene rings is 2. The molecule has 0 unspecified atom stereocenters. The van der Waals surface area contributed by atoms with Crippen LogP contribution < -0.4 is 4.72 Å². The number of carbonyl (C=O) groups excluding carboxylic acids is 1. The van der Waals surface area contributed by atoms with Gasteiger partial charge in [-0.2, -0.15) is 0 Å². The molecule has 0 saturated carbocycles. The minimum Gasteiger partial charge on any atom is -0.457 e. The molecule has 0 aliphatic rings. The summed E-state index contributed by atoms with van der Waals surface area (Å²) in [5, 5.41) is 0.668. The number of esters is 1. The molecule has 0 aliphatic heterocycles. The summed E-state index contributed by atoms with van der Waals surface area (Å²) in [7, 11) is -3.60. The zero-order chi connectivity index (χ0) is 17.7. The van der Waals surface area contributed by atoms with Crippen molar-refractivity contribution in [3.63, 3.8) is 0 Å². The van der Waals surface area contributed by atoms with E-state index in [-0.39, 0.29) is 12.4 Å². The quantitative estimate of drug-likeness (QED) is 0.640. The van der Waals surface area contributed by atoms with E-state index in [2.05, 4.69) is 9.71 Å². The molecule has 0 bridgehead atoms. The molecular weight excluding hydrogens is 360 g/mol. The van der Waals surface area contributed by atoms with Crippen molar-refractivity contribution in [1.29, 1.82) is 0 Å². The van der Waals surface area contributed by atoms with Gasteiger partial charge in [0.2, 0.25) is 10.0 Å². The van der Waals surface area contributed by atoms with E-state index in [0.29, 0.717) is 10.6 Å². The maximum absolute atomic E-state index is 12.0. The molecule has 0 fully saturated rings. The number of rotatable bonds is 7. The van der Waals surface area contributed by atoms with Gasteiger partial charge < -0.3 is 4.74 Å². The Balaban J connectivity index is 1.49. The Hall–Kier alpha value is -2.29. The Morgan fingerprint density at radius 3 is 2.56 bits per heavy atom. The first kappa shape index (κ1) is 17.5. The van der Waals surface area contributed by atoms with Gasteiger partial charge in [-0.1, -0.05) is 42.5 Å². The number of ether oxygens (including phenoxy) is 1. The number of aromatic nitrogens is 1. The van der Waals surface area contributed by atoms with E-state index >= 15 is 0 Å². The molecule has 2 aromatic carbocycles. The van der Waals surface area contributed by atoms with Crippen LogP contribution in [-0.2, 0) is 31.9 Å². The molecule has 1 heterocycles. The minimum absolute atomic E-state index is 0.0264. The summed E-state index contributed by atoms with van der Waals surface area (Å²) in [5.41, 5.74) is 1.50. The van der Waals surface area contributed by atoms with Gasteiger partial charge in [-0.15, -0.1) is 11.3 Å². The van der Waals surface area contributed by atoms with Gasteiger partial charge in [0, 0.05) is 0 Å². The molecule has 0 spiro atoms. The summed E-state index contributed by atoms with van der Waals surface area (Å²) in [5.74, 6) is -0.824. The number of para-hydroxylation sites is 1.